The van der Waals surface area contributed by atoms with Gasteiger partial charge in [-0.05, 0) is 37.1 Å². The quantitative estimate of drug-likeness (QED) is 0.745. The largest absolute Gasteiger partial charge is 0.453 e. The molecule has 0 radical (unpaired) electrons. The Bertz CT molecular complexity index is 1080. The molecule has 0 atom stereocenters. The first-order chi connectivity index (χ1) is 14.9. The van der Waals surface area contributed by atoms with Crippen LogP contribution in [0.1, 0.15) is 40.2 Å². The van der Waals surface area contributed by atoms with Crippen LogP contribution < -0.4 is 5.32 Å². The Kier molecular flexibility index (Phi) is 6.26. The molecule has 0 aliphatic carbocycles. The summed E-state index contributed by atoms with van der Waals surface area (Å²) < 4.78 is 31.8. The van der Waals surface area contributed by atoms with Gasteiger partial charge in [0.05, 0.1) is 24.2 Å². The lowest BCUT2D eigenvalue weighted by molar-refractivity contribution is 0.102. The standard InChI is InChI=1S/C20H24N4O5S2/c1-29-20(26)23-12-9-16-17(13-23)30-19(21-16)22-18(25)14-5-7-15(8-6-14)31(27,28)24-10-3-2-4-11-24/h5-8H,2-4,9-13H2,1H3,(H,21,22,25). The van der Waals surface area contributed by atoms with Crippen molar-refractivity contribution in [2.75, 3.05) is 32.1 Å². The van der Waals surface area contributed by atoms with Crippen LogP contribution in [0.15, 0.2) is 29.2 Å². The van der Waals surface area contributed by atoms with Crippen molar-refractivity contribution in [3.8, 4) is 0 Å². The summed E-state index contributed by atoms with van der Waals surface area (Å²) in [6, 6.07) is 5.97. The van der Waals surface area contributed by atoms with Gasteiger partial charge in [0.2, 0.25) is 10.0 Å². The van der Waals surface area contributed by atoms with Gasteiger partial charge in [-0.1, -0.05) is 17.8 Å². The summed E-state index contributed by atoms with van der Waals surface area (Å²) in [6.45, 7) is 1.99. The molecule has 2 aliphatic rings. The van der Waals surface area contributed by atoms with E-state index in [2.05, 4.69) is 10.3 Å². The average molecular weight is 465 g/mol. The van der Waals surface area contributed by atoms with E-state index >= 15 is 0 Å². The molecule has 1 aromatic heterocycles. The van der Waals surface area contributed by atoms with E-state index in [4.69, 9.17) is 4.74 Å². The highest BCUT2D eigenvalue weighted by molar-refractivity contribution is 7.89. The van der Waals surface area contributed by atoms with E-state index in [1.54, 1.807) is 4.90 Å². The van der Waals surface area contributed by atoms with Crippen LogP contribution in [-0.4, -0.2) is 61.4 Å². The van der Waals surface area contributed by atoms with E-state index < -0.39 is 10.0 Å². The minimum Gasteiger partial charge on any atom is -0.453 e. The number of amides is 2. The van der Waals surface area contributed by atoms with Crippen molar-refractivity contribution in [1.82, 2.24) is 14.2 Å². The number of hydrogen-bond acceptors (Lipinski definition) is 7. The molecule has 1 aromatic carbocycles. The molecular formula is C20H24N4O5S2. The first-order valence-corrected chi connectivity index (χ1v) is 12.4. The Morgan fingerprint density at radius 2 is 1.81 bits per heavy atom. The number of rotatable bonds is 4. The summed E-state index contributed by atoms with van der Waals surface area (Å²) in [5, 5.41) is 3.22. The maximum Gasteiger partial charge on any atom is 0.409 e. The van der Waals surface area contributed by atoms with Gasteiger partial charge < -0.3 is 9.64 Å². The SMILES string of the molecule is COC(=O)N1CCc2nc(NC(=O)c3ccc(S(=O)(=O)N4CCCCC4)cc3)sc2C1. The van der Waals surface area contributed by atoms with Gasteiger partial charge in [0.1, 0.15) is 0 Å². The second kappa shape index (κ2) is 8.93. The first kappa shape index (κ1) is 21.7. The van der Waals surface area contributed by atoms with Crippen LogP contribution in [0.4, 0.5) is 9.93 Å². The van der Waals surface area contributed by atoms with Gasteiger partial charge in [0, 0.05) is 36.5 Å². The molecule has 31 heavy (non-hydrogen) atoms. The van der Waals surface area contributed by atoms with Crippen molar-refractivity contribution in [3.63, 3.8) is 0 Å². The predicted molar refractivity (Wildman–Crippen MR) is 116 cm³/mol. The van der Waals surface area contributed by atoms with Crippen molar-refractivity contribution in [2.45, 2.75) is 37.1 Å². The van der Waals surface area contributed by atoms with E-state index in [0.29, 0.717) is 43.3 Å². The fourth-order valence-electron chi connectivity index (χ4n) is 3.74. The number of nitrogens with zero attached hydrogens (tertiary/aromatic N) is 3. The molecule has 1 N–H and O–H groups in total. The van der Waals surface area contributed by atoms with Crippen LogP contribution in [0.2, 0.25) is 0 Å². The highest BCUT2D eigenvalue weighted by atomic mass is 32.2. The zero-order valence-corrected chi connectivity index (χ0v) is 18.8. The molecule has 1 saturated heterocycles. The molecule has 0 saturated carbocycles. The number of fused-ring (bicyclic) bond motifs is 1. The molecular weight excluding hydrogens is 440 g/mol. The molecule has 2 aliphatic heterocycles. The molecule has 4 rings (SSSR count). The molecule has 11 heteroatoms. The molecule has 0 unspecified atom stereocenters. The van der Waals surface area contributed by atoms with Gasteiger partial charge in [-0.15, -0.1) is 0 Å². The summed E-state index contributed by atoms with van der Waals surface area (Å²) in [7, 11) is -2.18. The van der Waals surface area contributed by atoms with Crippen LogP contribution >= 0.6 is 11.3 Å². The van der Waals surface area contributed by atoms with Crippen LogP contribution in [0, 0.1) is 0 Å². The number of nitrogens with one attached hydrogen (secondary N) is 1. The zero-order chi connectivity index (χ0) is 22.0. The number of benzene rings is 1. The van der Waals surface area contributed by atoms with Gasteiger partial charge in [0.25, 0.3) is 5.91 Å². The van der Waals surface area contributed by atoms with Gasteiger partial charge >= 0.3 is 6.09 Å². The number of anilines is 1. The number of thiazole rings is 1. The Morgan fingerprint density at radius 3 is 2.48 bits per heavy atom. The Balaban J connectivity index is 1.43. The third kappa shape index (κ3) is 4.58. The normalized spacial score (nSPS) is 17.1. The third-order valence-electron chi connectivity index (χ3n) is 5.45. The topological polar surface area (TPSA) is 109 Å². The molecule has 166 valence electrons. The minimum absolute atomic E-state index is 0.193. The van der Waals surface area contributed by atoms with Gasteiger partial charge in [0.15, 0.2) is 5.13 Å². The van der Waals surface area contributed by atoms with E-state index in [9.17, 15) is 18.0 Å². The number of piperidine rings is 1. The summed E-state index contributed by atoms with van der Waals surface area (Å²) in [5.41, 5.74) is 1.21. The molecule has 2 aromatic rings. The fourth-order valence-corrected chi connectivity index (χ4v) is 6.27. The summed E-state index contributed by atoms with van der Waals surface area (Å²) in [6.07, 6.45) is 3.00. The number of aromatic nitrogens is 1. The minimum atomic E-state index is -3.53. The lowest BCUT2D eigenvalue weighted by Gasteiger charge is -2.25. The van der Waals surface area contributed by atoms with Crippen molar-refractivity contribution in [3.05, 3.63) is 40.4 Å². The molecule has 9 nitrogen and oxygen atoms in total. The second-order valence-electron chi connectivity index (χ2n) is 7.47. The number of carbonyl (C=O) groups is 2. The Morgan fingerprint density at radius 1 is 1.10 bits per heavy atom. The number of hydrogen-bond donors (Lipinski definition) is 1. The summed E-state index contributed by atoms with van der Waals surface area (Å²) in [4.78, 5) is 31.5. The number of ether oxygens (including phenoxy) is 1. The summed E-state index contributed by atoms with van der Waals surface area (Å²) in [5.74, 6) is -0.363. The zero-order valence-electron chi connectivity index (χ0n) is 17.2. The lowest BCUT2D eigenvalue weighted by atomic mass is 10.2. The number of carbonyl (C=O) groups excluding carboxylic acids is 2. The Labute approximate surface area is 185 Å². The predicted octanol–water partition coefficient (Wildman–Crippen LogP) is 2.69. The maximum atomic E-state index is 12.7. The number of methoxy groups -OCH3 is 1. The van der Waals surface area contributed by atoms with Crippen LogP contribution in [0.25, 0.3) is 0 Å². The van der Waals surface area contributed by atoms with Crippen LogP contribution in [0.3, 0.4) is 0 Å². The number of sulfonamides is 1. The molecule has 1 fully saturated rings. The van der Waals surface area contributed by atoms with E-state index in [0.717, 1.165) is 29.8 Å². The third-order valence-corrected chi connectivity index (χ3v) is 8.36. The second-order valence-corrected chi connectivity index (χ2v) is 10.5. The highest BCUT2D eigenvalue weighted by Gasteiger charge is 2.27. The van der Waals surface area contributed by atoms with E-state index in [1.807, 2.05) is 0 Å². The van der Waals surface area contributed by atoms with Crippen molar-refractivity contribution in [2.24, 2.45) is 0 Å². The molecule has 2 amide bonds. The van der Waals surface area contributed by atoms with Gasteiger partial charge in [-0.25, -0.2) is 18.2 Å². The van der Waals surface area contributed by atoms with Crippen molar-refractivity contribution < 1.29 is 22.7 Å². The molecule has 3 heterocycles. The van der Waals surface area contributed by atoms with Gasteiger partial charge in [-0.2, -0.15) is 4.31 Å². The van der Waals surface area contributed by atoms with Gasteiger partial charge in [-0.3, -0.25) is 10.1 Å². The molecule has 0 bridgehead atoms. The first-order valence-electron chi connectivity index (χ1n) is 10.1. The lowest BCUT2D eigenvalue weighted by Crippen LogP contribution is -2.35. The smallest absolute Gasteiger partial charge is 0.409 e. The van der Waals surface area contributed by atoms with E-state index in [1.165, 1.54) is 47.0 Å². The van der Waals surface area contributed by atoms with Crippen molar-refractivity contribution in [1.29, 1.82) is 0 Å². The Hall–Kier alpha value is -2.50. The van der Waals surface area contributed by atoms with Crippen molar-refractivity contribution >= 4 is 38.5 Å². The van der Waals surface area contributed by atoms with Crippen LogP contribution in [0.5, 0.6) is 0 Å². The average Bonchev–Trinajstić information content (AvgIpc) is 3.20. The van der Waals surface area contributed by atoms with E-state index in [-0.39, 0.29) is 16.9 Å². The maximum absolute atomic E-state index is 12.7. The van der Waals surface area contributed by atoms with Crippen LogP contribution in [-0.2, 0) is 27.7 Å². The fraction of sp³-hybridized carbons (Fsp3) is 0.450. The summed E-state index contributed by atoms with van der Waals surface area (Å²) >= 11 is 1.32. The highest BCUT2D eigenvalue weighted by Crippen LogP contribution is 2.29. The molecule has 0 spiro atoms. The monoisotopic (exact) mass is 464 g/mol.